The molecule has 2 fully saturated rings. The molecule has 1 aliphatic carbocycles. The van der Waals surface area contributed by atoms with E-state index in [0.29, 0.717) is 36.7 Å². The van der Waals surface area contributed by atoms with Gasteiger partial charge in [0.25, 0.3) is 5.91 Å². The van der Waals surface area contributed by atoms with E-state index in [9.17, 15) is 14.0 Å². The Kier molecular flexibility index (Phi) is 6.73. The van der Waals surface area contributed by atoms with Gasteiger partial charge in [0.2, 0.25) is 5.91 Å². The largest absolute Gasteiger partial charge is 0.457 e. The van der Waals surface area contributed by atoms with E-state index in [-0.39, 0.29) is 28.6 Å². The molecule has 180 valence electrons. The zero-order valence-corrected chi connectivity index (χ0v) is 19.9. The average Bonchev–Trinajstić information content (AvgIpc) is 3.24. The Bertz CT molecular complexity index is 1240. The maximum Gasteiger partial charge on any atom is 0.251 e. The summed E-state index contributed by atoms with van der Waals surface area (Å²) in [5.41, 5.74) is 2.50. The quantitative estimate of drug-likeness (QED) is 0.435. The van der Waals surface area contributed by atoms with Gasteiger partial charge in [-0.3, -0.25) is 9.59 Å². The highest BCUT2D eigenvalue weighted by Crippen LogP contribution is 2.37. The van der Waals surface area contributed by atoms with Gasteiger partial charge in [-0.15, -0.1) is 0 Å². The molecule has 5 nitrogen and oxygen atoms in total. The minimum Gasteiger partial charge on any atom is -0.457 e. The van der Waals surface area contributed by atoms with Crippen molar-refractivity contribution in [2.45, 2.75) is 44.2 Å². The zero-order chi connectivity index (χ0) is 24.4. The third-order valence-electron chi connectivity index (χ3n) is 6.73. The third kappa shape index (κ3) is 5.33. The lowest BCUT2D eigenvalue weighted by Crippen LogP contribution is -2.43. The predicted octanol–water partition coefficient (Wildman–Crippen LogP) is 6.07. The van der Waals surface area contributed by atoms with Crippen molar-refractivity contribution in [3.63, 3.8) is 0 Å². The molecule has 0 spiro atoms. The minimum atomic E-state index is -0.590. The van der Waals surface area contributed by atoms with Crippen molar-refractivity contribution in [2.24, 2.45) is 0 Å². The van der Waals surface area contributed by atoms with Crippen molar-refractivity contribution in [3.8, 4) is 11.5 Å². The number of hydrogen-bond acceptors (Lipinski definition) is 3. The van der Waals surface area contributed by atoms with Crippen LogP contribution in [0.3, 0.4) is 0 Å². The van der Waals surface area contributed by atoms with Crippen LogP contribution in [-0.2, 0) is 11.3 Å². The molecule has 0 radical (unpaired) electrons. The minimum absolute atomic E-state index is 0.00247. The molecule has 7 heteroatoms. The first kappa shape index (κ1) is 23.4. The molecule has 0 aromatic heterocycles. The van der Waals surface area contributed by atoms with E-state index < -0.39 is 5.82 Å². The number of likely N-dealkylation sites (tertiary alicyclic amines) is 1. The summed E-state index contributed by atoms with van der Waals surface area (Å²) in [4.78, 5) is 26.9. The van der Waals surface area contributed by atoms with Gasteiger partial charge in [0.15, 0.2) is 0 Å². The van der Waals surface area contributed by atoms with E-state index in [4.69, 9.17) is 16.3 Å². The molecule has 0 bridgehead atoms. The van der Waals surface area contributed by atoms with E-state index in [1.54, 1.807) is 29.2 Å². The molecular formula is C28H26ClFN2O3. The first-order valence-electron chi connectivity index (χ1n) is 11.9. The highest BCUT2D eigenvalue weighted by Gasteiger charge is 2.31. The fraction of sp³-hybridized carbons (Fsp3) is 0.286. The first-order chi connectivity index (χ1) is 17.0. The number of nitrogens with zero attached hydrogens (tertiary/aromatic N) is 1. The number of halogens is 2. The van der Waals surface area contributed by atoms with E-state index in [0.717, 1.165) is 24.8 Å². The van der Waals surface area contributed by atoms with Gasteiger partial charge in [-0.2, -0.15) is 0 Å². The van der Waals surface area contributed by atoms with E-state index in [2.05, 4.69) is 17.4 Å². The van der Waals surface area contributed by atoms with Crippen LogP contribution in [0.15, 0.2) is 66.7 Å². The molecule has 2 aliphatic rings. The molecule has 2 amide bonds. The lowest BCUT2D eigenvalue weighted by molar-refractivity contribution is -0.128. The number of ether oxygens (including phenoxy) is 1. The Morgan fingerprint density at radius 3 is 2.60 bits per heavy atom. The van der Waals surface area contributed by atoms with Crippen LogP contribution in [0.25, 0.3) is 0 Å². The maximum atomic E-state index is 14.0. The Hall–Kier alpha value is -3.38. The molecule has 1 N–H and O–H groups in total. The predicted molar refractivity (Wildman–Crippen MR) is 132 cm³/mol. The summed E-state index contributed by atoms with van der Waals surface area (Å²) in [5, 5.41) is 3.11. The fourth-order valence-electron chi connectivity index (χ4n) is 4.67. The molecule has 1 saturated carbocycles. The van der Waals surface area contributed by atoms with Gasteiger partial charge in [0.1, 0.15) is 17.3 Å². The molecule has 0 unspecified atom stereocenters. The van der Waals surface area contributed by atoms with Gasteiger partial charge in [-0.1, -0.05) is 48.0 Å². The summed E-state index contributed by atoms with van der Waals surface area (Å²) in [6, 6.07) is 19.8. The van der Waals surface area contributed by atoms with Crippen LogP contribution in [0.1, 0.15) is 53.1 Å². The van der Waals surface area contributed by atoms with Crippen LogP contribution in [0.4, 0.5) is 4.39 Å². The van der Waals surface area contributed by atoms with Gasteiger partial charge in [-0.25, -0.2) is 4.39 Å². The van der Waals surface area contributed by atoms with Crippen molar-refractivity contribution >= 4 is 23.4 Å². The van der Waals surface area contributed by atoms with E-state index in [1.807, 2.05) is 18.2 Å². The average molecular weight is 493 g/mol. The zero-order valence-electron chi connectivity index (χ0n) is 19.2. The summed E-state index contributed by atoms with van der Waals surface area (Å²) in [6.45, 7) is 1.05. The monoisotopic (exact) mass is 492 g/mol. The van der Waals surface area contributed by atoms with Crippen molar-refractivity contribution in [2.75, 3.05) is 6.54 Å². The summed E-state index contributed by atoms with van der Waals surface area (Å²) >= 11 is 5.80. The Labute approximate surface area is 208 Å². The van der Waals surface area contributed by atoms with Crippen molar-refractivity contribution < 1.29 is 18.7 Å². The molecule has 1 heterocycles. The van der Waals surface area contributed by atoms with Gasteiger partial charge in [0.05, 0.1) is 5.02 Å². The van der Waals surface area contributed by atoms with Crippen LogP contribution in [0.5, 0.6) is 11.5 Å². The standard InChI is InChI=1S/C28H26ClFN2O3/c29-24-11-10-23(16-25(24)30)35-26-15-19(8-9-20(26)17-32-12-4-7-27(32)33)28(34)31-22-13-21(14-22)18-5-2-1-3-6-18/h1-3,5-6,8-11,15-16,21-22H,4,7,12-14,17H2,(H,31,34). The van der Waals surface area contributed by atoms with Gasteiger partial charge < -0.3 is 15.0 Å². The normalized spacial score (nSPS) is 19.4. The van der Waals surface area contributed by atoms with Crippen LogP contribution in [-0.4, -0.2) is 29.3 Å². The molecule has 0 atom stereocenters. The molecule has 3 aromatic carbocycles. The van der Waals surface area contributed by atoms with Crippen molar-refractivity contribution in [1.29, 1.82) is 0 Å². The lowest BCUT2D eigenvalue weighted by Gasteiger charge is -2.36. The molecular weight excluding hydrogens is 467 g/mol. The lowest BCUT2D eigenvalue weighted by atomic mass is 9.76. The molecule has 35 heavy (non-hydrogen) atoms. The van der Waals surface area contributed by atoms with Crippen LogP contribution in [0.2, 0.25) is 5.02 Å². The van der Waals surface area contributed by atoms with Crippen molar-refractivity contribution in [3.05, 3.63) is 94.3 Å². The van der Waals surface area contributed by atoms with Crippen molar-refractivity contribution in [1.82, 2.24) is 10.2 Å². The summed E-state index contributed by atoms with van der Waals surface area (Å²) in [7, 11) is 0. The number of nitrogens with one attached hydrogen (secondary N) is 1. The number of rotatable bonds is 7. The van der Waals surface area contributed by atoms with Crippen LogP contribution >= 0.6 is 11.6 Å². The van der Waals surface area contributed by atoms with E-state index in [1.165, 1.54) is 17.7 Å². The molecule has 1 saturated heterocycles. The van der Waals surface area contributed by atoms with Crippen LogP contribution in [0, 0.1) is 5.82 Å². The number of carbonyl (C=O) groups excluding carboxylic acids is 2. The highest BCUT2D eigenvalue weighted by molar-refractivity contribution is 6.30. The summed E-state index contributed by atoms with van der Waals surface area (Å²) < 4.78 is 20.0. The second-order valence-corrected chi connectivity index (χ2v) is 9.58. The summed E-state index contributed by atoms with van der Waals surface area (Å²) in [5.74, 6) is 0.455. The molecule has 1 aliphatic heterocycles. The number of carbonyl (C=O) groups is 2. The smallest absolute Gasteiger partial charge is 0.251 e. The first-order valence-corrected chi connectivity index (χ1v) is 12.2. The maximum absolute atomic E-state index is 14.0. The Balaban J connectivity index is 1.32. The number of benzene rings is 3. The highest BCUT2D eigenvalue weighted by atomic mass is 35.5. The topological polar surface area (TPSA) is 58.6 Å². The molecule has 5 rings (SSSR count). The SMILES string of the molecule is O=C(NC1CC(c2ccccc2)C1)c1ccc(CN2CCCC2=O)c(Oc2ccc(Cl)c(F)c2)c1. The molecule has 3 aromatic rings. The van der Waals surface area contributed by atoms with Crippen LogP contribution < -0.4 is 10.1 Å². The summed E-state index contributed by atoms with van der Waals surface area (Å²) in [6.07, 6.45) is 3.16. The van der Waals surface area contributed by atoms with Gasteiger partial charge in [0, 0.05) is 42.7 Å². The Morgan fingerprint density at radius 1 is 1.09 bits per heavy atom. The number of amides is 2. The van der Waals surface area contributed by atoms with Gasteiger partial charge >= 0.3 is 0 Å². The third-order valence-corrected chi connectivity index (χ3v) is 7.03. The van der Waals surface area contributed by atoms with Gasteiger partial charge in [-0.05, 0) is 55.0 Å². The van der Waals surface area contributed by atoms with E-state index >= 15 is 0 Å². The number of hydrogen-bond donors (Lipinski definition) is 1. The Morgan fingerprint density at radius 2 is 1.89 bits per heavy atom. The fourth-order valence-corrected chi connectivity index (χ4v) is 4.78. The second-order valence-electron chi connectivity index (χ2n) is 9.17. The second kappa shape index (κ2) is 10.1.